The number of nitrogens with one attached hydrogen (secondary N) is 1. The first-order chi connectivity index (χ1) is 13.6. The number of anilines is 1. The number of carbonyl (C=O) groups is 1. The molecule has 3 aromatic rings. The van der Waals surface area contributed by atoms with Gasteiger partial charge in [-0.25, -0.2) is 4.98 Å². The Balaban J connectivity index is 1.47. The van der Waals surface area contributed by atoms with Crippen molar-refractivity contribution in [3.8, 4) is 5.69 Å². The number of rotatable bonds is 8. The van der Waals surface area contributed by atoms with Crippen LogP contribution in [0, 0.1) is 11.8 Å². The summed E-state index contributed by atoms with van der Waals surface area (Å²) >= 11 is 0. The maximum absolute atomic E-state index is 11.3. The van der Waals surface area contributed by atoms with Gasteiger partial charge in [-0.15, -0.1) is 5.10 Å². The topological polar surface area (TPSA) is 139 Å². The molecule has 1 amide bonds. The third-order valence-corrected chi connectivity index (χ3v) is 5.07. The Labute approximate surface area is 161 Å². The lowest BCUT2D eigenvalue weighted by Crippen LogP contribution is -2.21. The molecule has 148 valence electrons. The van der Waals surface area contributed by atoms with Crippen LogP contribution in [-0.4, -0.2) is 60.9 Å². The summed E-state index contributed by atoms with van der Waals surface area (Å²) in [5.41, 5.74) is 7.37. The molecule has 0 radical (unpaired) electrons. The van der Waals surface area contributed by atoms with Crippen LogP contribution in [0.1, 0.15) is 19.3 Å². The van der Waals surface area contributed by atoms with Gasteiger partial charge in [0.05, 0.1) is 31.7 Å². The fourth-order valence-electron chi connectivity index (χ4n) is 3.51. The molecule has 0 spiro atoms. The van der Waals surface area contributed by atoms with Crippen LogP contribution >= 0.6 is 0 Å². The minimum absolute atomic E-state index is 0.0181. The molecular formula is C17H23N9O2. The van der Waals surface area contributed by atoms with Gasteiger partial charge < -0.3 is 15.8 Å². The third-order valence-electron chi connectivity index (χ3n) is 5.07. The van der Waals surface area contributed by atoms with Crippen molar-refractivity contribution in [2.75, 3.05) is 25.6 Å². The second-order valence-corrected chi connectivity index (χ2v) is 7.02. The van der Waals surface area contributed by atoms with Crippen molar-refractivity contribution < 1.29 is 9.53 Å². The number of methoxy groups -OCH3 is 1. The Kier molecular flexibility index (Phi) is 5.15. The average Bonchev–Trinajstić information content (AvgIpc) is 3.43. The molecule has 0 bridgehead atoms. The minimum atomic E-state index is -0.207. The number of ether oxygens (including phenoxy) is 1. The Morgan fingerprint density at radius 2 is 2.29 bits per heavy atom. The normalized spacial score (nSPS) is 19.3. The molecule has 3 aromatic heterocycles. The van der Waals surface area contributed by atoms with Crippen molar-refractivity contribution in [2.24, 2.45) is 17.6 Å². The minimum Gasteiger partial charge on any atom is -0.383 e. The molecule has 4 rings (SSSR count). The molecule has 1 aliphatic carbocycles. The summed E-state index contributed by atoms with van der Waals surface area (Å²) in [4.78, 5) is 20.2. The highest BCUT2D eigenvalue weighted by molar-refractivity contribution is 5.77. The van der Waals surface area contributed by atoms with Gasteiger partial charge in [-0.2, -0.15) is 14.8 Å². The predicted molar refractivity (Wildman–Crippen MR) is 101 cm³/mol. The van der Waals surface area contributed by atoms with Crippen LogP contribution in [0.2, 0.25) is 0 Å². The van der Waals surface area contributed by atoms with E-state index in [-0.39, 0.29) is 11.8 Å². The lowest BCUT2D eigenvalue weighted by Gasteiger charge is -2.11. The van der Waals surface area contributed by atoms with Crippen molar-refractivity contribution in [3.63, 3.8) is 0 Å². The van der Waals surface area contributed by atoms with Crippen molar-refractivity contribution in [1.82, 2.24) is 34.7 Å². The molecule has 1 fully saturated rings. The lowest BCUT2D eigenvalue weighted by molar-refractivity contribution is -0.121. The maximum atomic E-state index is 11.3. The summed E-state index contributed by atoms with van der Waals surface area (Å²) in [6.45, 7) is 1.93. The molecule has 0 aliphatic heterocycles. The van der Waals surface area contributed by atoms with Gasteiger partial charge in [-0.3, -0.25) is 9.48 Å². The molecule has 1 aliphatic rings. The second-order valence-electron chi connectivity index (χ2n) is 7.02. The molecule has 0 unspecified atom stereocenters. The molecule has 2 atom stereocenters. The molecule has 11 nitrogen and oxygen atoms in total. The van der Waals surface area contributed by atoms with E-state index >= 15 is 0 Å². The predicted octanol–water partition coefficient (Wildman–Crippen LogP) is 0.367. The second kappa shape index (κ2) is 7.89. The van der Waals surface area contributed by atoms with Crippen LogP contribution in [0.4, 0.5) is 5.95 Å². The van der Waals surface area contributed by atoms with Gasteiger partial charge in [0, 0.05) is 19.6 Å². The number of primary amides is 1. The van der Waals surface area contributed by atoms with Gasteiger partial charge in [0.2, 0.25) is 11.9 Å². The van der Waals surface area contributed by atoms with E-state index in [9.17, 15) is 4.79 Å². The number of hydrogen-bond donors (Lipinski definition) is 2. The smallest absolute Gasteiger partial charge is 0.224 e. The quantitative estimate of drug-likeness (QED) is 0.567. The maximum Gasteiger partial charge on any atom is 0.224 e. The first-order valence-electron chi connectivity index (χ1n) is 9.27. The van der Waals surface area contributed by atoms with E-state index in [1.54, 1.807) is 28.9 Å². The van der Waals surface area contributed by atoms with E-state index in [1.165, 1.54) is 0 Å². The van der Waals surface area contributed by atoms with Crippen LogP contribution in [0.25, 0.3) is 16.9 Å². The van der Waals surface area contributed by atoms with E-state index in [2.05, 4.69) is 30.7 Å². The fourth-order valence-corrected chi connectivity index (χ4v) is 3.51. The first-order valence-corrected chi connectivity index (χ1v) is 9.27. The standard InChI is InChI=1S/C17H23N9O2/c1-28-5-4-25-10-13(8-21-25)26-16-14(23-24-26)9-20-17(22-16)19-7-11-2-3-12(6-11)15(18)27/h8-12H,2-7H2,1H3,(H2,18,27)(H,19,20,22)/t11-,12-/m1/s1. The molecular weight excluding hydrogens is 362 g/mol. The first kappa shape index (κ1) is 18.3. The molecule has 0 saturated heterocycles. The molecule has 3 N–H and O–H groups in total. The van der Waals surface area contributed by atoms with Crippen molar-refractivity contribution in [2.45, 2.75) is 25.8 Å². The molecule has 3 heterocycles. The number of nitrogens with zero attached hydrogens (tertiary/aromatic N) is 7. The molecule has 11 heteroatoms. The Morgan fingerprint density at radius 1 is 1.39 bits per heavy atom. The highest BCUT2D eigenvalue weighted by atomic mass is 16.5. The van der Waals surface area contributed by atoms with E-state index in [4.69, 9.17) is 10.5 Å². The van der Waals surface area contributed by atoms with Crippen LogP contribution in [-0.2, 0) is 16.1 Å². The summed E-state index contributed by atoms with van der Waals surface area (Å²) in [7, 11) is 1.65. The summed E-state index contributed by atoms with van der Waals surface area (Å²) in [5.74, 6) is 0.667. The largest absolute Gasteiger partial charge is 0.383 e. The summed E-state index contributed by atoms with van der Waals surface area (Å²) < 4.78 is 8.49. The summed E-state index contributed by atoms with van der Waals surface area (Å²) in [6, 6.07) is 0. The van der Waals surface area contributed by atoms with Gasteiger partial charge in [-0.1, -0.05) is 5.21 Å². The van der Waals surface area contributed by atoms with Crippen LogP contribution < -0.4 is 11.1 Å². The fraction of sp³-hybridized carbons (Fsp3) is 0.529. The SMILES string of the molecule is COCCn1cc(-n2nnc3cnc(NC[C@@H]4CC[C@@H](C(N)=O)C4)nc32)cn1. The van der Waals surface area contributed by atoms with Gasteiger partial charge in [0.25, 0.3) is 0 Å². The van der Waals surface area contributed by atoms with E-state index < -0.39 is 0 Å². The lowest BCUT2D eigenvalue weighted by atomic mass is 10.0. The van der Waals surface area contributed by atoms with Crippen molar-refractivity contribution in [3.05, 3.63) is 18.6 Å². The Morgan fingerprint density at radius 3 is 3.07 bits per heavy atom. The number of amides is 1. The third kappa shape index (κ3) is 3.79. The Bertz CT molecular complexity index is 967. The summed E-state index contributed by atoms with van der Waals surface area (Å²) in [5, 5.41) is 15.8. The highest BCUT2D eigenvalue weighted by Crippen LogP contribution is 2.30. The zero-order chi connectivity index (χ0) is 19.5. The van der Waals surface area contributed by atoms with E-state index in [0.29, 0.717) is 42.7 Å². The highest BCUT2D eigenvalue weighted by Gasteiger charge is 2.28. The van der Waals surface area contributed by atoms with Crippen LogP contribution in [0.3, 0.4) is 0 Å². The Hall–Kier alpha value is -3.08. The van der Waals surface area contributed by atoms with Crippen molar-refractivity contribution in [1.29, 1.82) is 0 Å². The number of hydrogen-bond acceptors (Lipinski definition) is 8. The molecule has 0 aromatic carbocycles. The van der Waals surface area contributed by atoms with Gasteiger partial charge in [0.15, 0.2) is 11.2 Å². The number of nitrogens with two attached hydrogens (primary N) is 1. The average molecular weight is 385 g/mol. The number of fused-ring (bicyclic) bond motifs is 1. The van der Waals surface area contributed by atoms with Gasteiger partial charge >= 0.3 is 0 Å². The monoisotopic (exact) mass is 385 g/mol. The number of aromatic nitrogens is 7. The van der Waals surface area contributed by atoms with Gasteiger partial charge in [0.1, 0.15) is 5.69 Å². The molecule has 28 heavy (non-hydrogen) atoms. The zero-order valence-corrected chi connectivity index (χ0v) is 15.7. The van der Waals surface area contributed by atoms with Crippen LogP contribution in [0.15, 0.2) is 18.6 Å². The summed E-state index contributed by atoms with van der Waals surface area (Å²) in [6.07, 6.45) is 7.86. The zero-order valence-electron chi connectivity index (χ0n) is 15.7. The van der Waals surface area contributed by atoms with Crippen molar-refractivity contribution >= 4 is 23.0 Å². The van der Waals surface area contributed by atoms with Crippen LogP contribution in [0.5, 0.6) is 0 Å². The molecule has 1 saturated carbocycles. The van der Waals surface area contributed by atoms with Gasteiger partial charge in [-0.05, 0) is 25.2 Å². The number of carbonyl (C=O) groups excluding carboxylic acids is 1. The van der Waals surface area contributed by atoms with E-state index in [1.807, 2.05) is 6.20 Å². The van der Waals surface area contributed by atoms with E-state index in [0.717, 1.165) is 24.9 Å².